The van der Waals surface area contributed by atoms with Crippen LogP contribution in [-0.4, -0.2) is 46.5 Å². The molecule has 0 spiro atoms. The summed E-state index contributed by atoms with van der Waals surface area (Å²) in [6.07, 6.45) is -5.00. The van der Waals surface area contributed by atoms with E-state index in [9.17, 15) is 15.0 Å². The molecule has 184 valence electrons. The van der Waals surface area contributed by atoms with Crippen LogP contribution in [0, 0.1) is 0 Å². The number of hydrogen-bond acceptors (Lipinski definition) is 6. The molecule has 0 aromatic heterocycles. The van der Waals surface area contributed by atoms with Gasteiger partial charge >= 0.3 is 0 Å². The second-order valence-electron chi connectivity index (χ2n) is 8.80. The number of carbonyl (C=O) groups is 1. The molecule has 3 aromatic rings. The number of rotatable bonds is 9. The van der Waals surface area contributed by atoms with Gasteiger partial charge in [-0.25, -0.2) is 0 Å². The molecule has 6 heteroatoms. The third-order valence-corrected chi connectivity index (χ3v) is 6.20. The Morgan fingerprint density at radius 2 is 1.06 bits per heavy atom. The SMILES string of the molecule is O=C1CC[C@H](O)[C@H](O)[C@H](OCc2ccccc2)[C@@H](OCc2ccccc2)[C@@H]1OCc1ccccc1. The highest BCUT2D eigenvalue weighted by atomic mass is 16.6. The van der Waals surface area contributed by atoms with Crippen molar-refractivity contribution in [2.24, 2.45) is 0 Å². The molecule has 3 aromatic carbocycles. The van der Waals surface area contributed by atoms with Gasteiger partial charge in [0.25, 0.3) is 0 Å². The van der Waals surface area contributed by atoms with Crippen LogP contribution < -0.4 is 0 Å². The molecular weight excluding hydrogens is 444 g/mol. The first-order valence-corrected chi connectivity index (χ1v) is 12.0. The van der Waals surface area contributed by atoms with E-state index in [0.29, 0.717) is 0 Å². The Hall–Kier alpha value is -2.87. The maximum atomic E-state index is 13.2. The van der Waals surface area contributed by atoms with Gasteiger partial charge in [-0.15, -0.1) is 0 Å². The van der Waals surface area contributed by atoms with E-state index in [1.165, 1.54) is 0 Å². The predicted octanol–water partition coefficient (Wildman–Crippen LogP) is 3.83. The Bertz CT molecular complexity index is 1030. The molecule has 0 unspecified atom stereocenters. The molecule has 1 aliphatic rings. The number of carbonyl (C=O) groups excluding carboxylic acids is 1. The zero-order chi connectivity index (χ0) is 24.5. The third kappa shape index (κ3) is 7.07. The smallest absolute Gasteiger partial charge is 0.164 e. The monoisotopic (exact) mass is 476 g/mol. The van der Waals surface area contributed by atoms with Gasteiger partial charge in [0.05, 0.1) is 25.9 Å². The fraction of sp³-hybridized carbons (Fsp3) is 0.345. The first kappa shape index (κ1) is 25.2. The molecule has 6 nitrogen and oxygen atoms in total. The largest absolute Gasteiger partial charge is 0.390 e. The van der Waals surface area contributed by atoms with E-state index in [-0.39, 0.29) is 38.4 Å². The van der Waals surface area contributed by atoms with Gasteiger partial charge in [0.1, 0.15) is 24.4 Å². The van der Waals surface area contributed by atoms with Crippen molar-refractivity contribution in [3.05, 3.63) is 108 Å². The minimum absolute atomic E-state index is 0.0777. The van der Waals surface area contributed by atoms with Crippen molar-refractivity contribution < 1.29 is 29.2 Å². The van der Waals surface area contributed by atoms with Crippen molar-refractivity contribution in [3.63, 3.8) is 0 Å². The number of Topliss-reactive ketones (excluding diaryl/α,β-unsaturated/α-hetero) is 1. The lowest BCUT2D eigenvalue weighted by Crippen LogP contribution is -2.56. The first-order chi connectivity index (χ1) is 17.1. The lowest BCUT2D eigenvalue weighted by atomic mass is 9.88. The minimum Gasteiger partial charge on any atom is -0.390 e. The van der Waals surface area contributed by atoms with E-state index in [1.54, 1.807) is 0 Å². The maximum absolute atomic E-state index is 13.2. The second kappa shape index (κ2) is 12.7. The average Bonchev–Trinajstić information content (AvgIpc) is 2.91. The van der Waals surface area contributed by atoms with E-state index in [1.807, 2.05) is 91.0 Å². The molecule has 35 heavy (non-hydrogen) atoms. The molecule has 0 saturated heterocycles. The Labute approximate surface area is 206 Å². The van der Waals surface area contributed by atoms with E-state index >= 15 is 0 Å². The Balaban J connectivity index is 1.60. The zero-order valence-corrected chi connectivity index (χ0v) is 19.6. The average molecular weight is 477 g/mol. The van der Waals surface area contributed by atoms with Crippen LogP contribution in [0.2, 0.25) is 0 Å². The maximum Gasteiger partial charge on any atom is 0.164 e. The lowest BCUT2D eigenvalue weighted by Gasteiger charge is -2.38. The van der Waals surface area contributed by atoms with Crippen LogP contribution in [0.3, 0.4) is 0 Å². The summed E-state index contributed by atoms with van der Waals surface area (Å²) in [5, 5.41) is 21.6. The van der Waals surface area contributed by atoms with Crippen LogP contribution in [-0.2, 0) is 38.8 Å². The lowest BCUT2D eigenvalue weighted by molar-refractivity contribution is -0.201. The molecule has 2 N–H and O–H groups in total. The summed E-state index contributed by atoms with van der Waals surface area (Å²) in [6.45, 7) is 0.616. The molecular formula is C29H32O6. The predicted molar refractivity (Wildman–Crippen MR) is 131 cm³/mol. The van der Waals surface area contributed by atoms with Gasteiger partial charge in [0.15, 0.2) is 5.78 Å². The molecule has 0 heterocycles. The van der Waals surface area contributed by atoms with Crippen molar-refractivity contribution in [2.45, 2.75) is 63.2 Å². The number of ketones is 1. The summed E-state index contributed by atoms with van der Waals surface area (Å²) in [7, 11) is 0. The van der Waals surface area contributed by atoms with Gasteiger partial charge in [-0.1, -0.05) is 91.0 Å². The van der Waals surface area contributed by atoms with Crippen molar-refractivity contribution in [1.82, 2.24) is 0 Å². The van der Waals surface area contributed by atoms with Gasteiger partial charge in [-0.3, -0.25) is 4.79 Å². The van der Waals surface area contributed by atoms with Crippen LogP contribution in [0.4, 0.5) is 0 Å². The number of aliphatic hydroxyl groups is 2. The van der Waals surface area contributed by atoms with Gasteiger partial charge in [-0.05, 0) is 23.1 Å². The van der Waals surface area contributed by atoms with Gasteiger partial charge in [0, 0.05) is 6.42 Å². The number of aliphatic hydroxyl groups excluding tert-OH is 2. The summed E-state index contributed by atoms with van der Waals surface area (Å²) in [4.78, 5) is 13.2. The van der Waals surface area contributed by atoms with Crippen molar-refractivity contribution >= 4 is 5.78 Å². The number of ether oxygens (including phenoxy) is 3. The van der Waals surface area contributed by atoms with E-state index in [4.69, 9.17) is 14.2 Å². The molecule has 5 atom stereocenters. The second-order valence-corrected chi connectivity index (χ2v) is 8.80. The first-order valence-electron chi connectivity index (χ1n) is 12.0. The van der Waals surface area contributed by atoms with Crippen molar-refractivity contribution in [1.29, 1.82) is 0 Å². The van der Waals surface area contributed by atoms with Crippen LogP contribution in [0.25, 0.3) is 0 Å². The minimum atomic E-state index is -1.24. The molecule has 1 saturated carbocycles. The summed E-state index contributed by atoms with van der Waals surface area (Å²) < 4.78 is 18.5. The highest BCUT2D eigenvalue weighted by Gasteiger charge is 2.44. The Morgan fingerprint density at radius 3 is 1.54 bits per heavy atom. The van der Waals surface area contributed by atoms with Gasteiger partial charge in [-0.2, -0.15) is 0 Å². The van der Waals surface area contributed by atoms with Crippen LogP contribution in [0.5, 0.6) is 0 Å². The molecule has 1 fully saturated rings. The summed E-state index contributed by atoms with van der Waals surface area (Å²) >= 11 is 0. The van der Waals surface area contributed by atoms with Crippen molar-refractivity contribution in [3.8, 4) is 0 Å². The Morgan fingerprint density at radius 1 is 0.629 bits per heavy atom. The normalized spacial score (nSPS) is 25.1. The fourth-order valence-corrected chi connectivity index (χ4v) is 4.23. The van der Waals surface area contributed by atoms with E-state index < -0.39 is 30.5 Å². The number of benzene rings is 3. The third-order valence-electron chi connectivity index (χ3n) is 6.20. The molecule has 0 radical (unpaired) electrons. The number of hydrogen-bond donors (Lipinski definition) is 2. The molecule has 0 amide bonds. The molecule has 0 bridgehead atoms. The summed E-state index contributed by atoms with van der Waals surface area (Å²) in [5.41, 5.74) is 2.75. The van der Waals surface area contributed by atoms with Crippen molar-refractivity contribution in [2.75, 3.05) is 0 Å². The Kier molecular flexibility index (Phi) is 9.17. The van der Waals surface area contributed by atoms with Crippen LogP contribution in [0.1, 0.15) is 29.5 Å². The van der Waals surface area contributed by atoms with E-state index in [2.05, 4.69) is 0 Å². The van der Waals surface area contributed by atoms with E-state index in [0.717, 1.165) is 16.7 Å². The fourth-order valence-electron chi connectivity index (χ4n) is 4.23. The van der Waals surface area contributed by atoms with Gasteiger partial charge in [0.2, 0.25) is 0 Å². The molecule has 0 aliphatic heterocycles. The highest BCUT2D eigenvalue weighted by molar-refractivity contribution is 5.84. The standard InChI is InChI=1S/C29H32O6/c30-24-16-17-25(31)27(33-18-21-10-4-1-5-11-21)29(35-20-23-14-8-3-9-15-23)28(26(24)32)34-19-22-12-6-2-7-13-22/h1-15,24,26-30,32H,16-20H2/t24-,26-,27+,28-,29-/m0/s1. The van der Waals surface area contributed by atoms with Gasteiger partial charge < -0.3 is 24.4 Å². The highest BCUT2D eigenvalue weighted by Crippen LogP contribution is 2.27. The summed E-state index contributed by atoms with van der Waals surface area (Å²) in [5.74, 6) is -0.182. The zero-order valence-electron chi connectivity index (χ0n) is 19.6. The van der Waals surface area contributed by atoms with Crippen LogP contribution in [0.15, 0.2) is 91.0 Å². The topological polar surface area (TPSA) is 85.2 Å². The summed E-state index contributed by atoms with van der Waals surface area (Å²) in [6, 6.07) is 28.7. The molecule has 4 rings (SSSR count). The van der Waals surface area contributed by atoms with Crippen LogP contribution >= 0.6 is 0 Å². The molecule has 1 aliphatic carbocycles. The quantitative estimate of drug-likeness (QED) is 0.488.